The second-order valence-electron chi connectivity index (χ2n) is 3.00. The highest BCUT2D eigenvalue weighted by Gasteiger charge is 2.21. The van der Waals surface area contributed by atoms with Crippen molar-refractivity contribution < 1.29 is 14.3 Å². The Morgan fingerprint density at radius 1 is 1.44 bits per heavy atom. The number of ether oxygens (including phenoxy) is 1. The molecular weight excluding hydrogens is 228 g/mol. The van der Waals surface area contributed by atoms with Gasteiger partial charge in [0.2, 0.25) is 0 Å². The van der Waals surface area contributed by atoms with Gasteiger partial charge in [-0.05, 0) is 13.8 Å². The van der Waals surface area contributed by atoms with E-state index in [9.17, 15) is 9.59 Å². The minimum Gasteiger partial charge on any atom is -0.461 e. The average molecular weight is 242 g/mol. The van der Waals surface area contributed by atoms with Crippen molar-refractivity contribution in [2.24, 2.45) is 0 Å². The number of hydrogen-bond acceptors (Lipinski definition) is 6. The number of hydrogen-bond donors (Lipinski definition) is 1. The fraction of sp³-hybridized carbons (Fsp3) is 0.500. The van der Waals surface area contributed by atoms with Crippen LogP contribution in [0.25, 0.3) is 0 Å². The van der Waals surface area contributed by atoms with Crippen molar-refractivity contribution in [2.75, 3.05) is 18.5 Å². The van der Waals surface area contributed by atoms with E-state index in [1.807, 2.05) is 6.92 Å². The Morgan fingerprint density at radius 3 is 2.62 bits per heavy atom. The number of nitrogens with zero attached hydrogens (tertiary/aromatic N) is 1. The summed E-state index contributed by atoms with van der Waals surface area (Å²) in [6.07, 6.45) is 0. The van der Waals surface area contributed by atoms with Crippen LogP contribution in [0, 0.1) is 0 Å². The number of ketones is 1. The molecule has 16 heavy (non-hydrogen) atoms. The number of rotatable bonds is 5. The van der Waals surface area contributed by atoms with E-state index in [4.69, 9.17) is 4.74 Å². The maximum atomic E-state index is 11.5. The van der Waals surface area contributed by atoms with Gasteiger partial charge in [-0.15, -0.1) is 0 Å². The quantitative estimate of drug-likeness (QED) is 0.631. The van der Waals surface area contributed by atoms with E-state index in [1.54, 1.807) is 6.92 Å². The van der Waals surface area contributed by atoms with Crippen molar-refractivity contribution in [3.05, 3.63) is 10.6 Å². The third kappa shape index (κ3) is 2.79. The monoisotopic (exact) mass is 242 g/mol. The van der Waals surface area contributed by atoms with Gasteiger partial charge in [0.1, 0.15) is 4.88 Å². The van der Waals surface area contributed by atoms with Gasteiger partial charge in [0.25, 0.3) is 0 Å². The predicted molar refractivity (Wildman–Crippen MR) is 62.2 cm³/mol. The first-order chi connectivity index (χ1) is 7.60. The van der Waals surface area contributed by atoms with Crippen LogP contribution >= 0.6 is 11.3 Å². The van der Waals surface area contributed by atoms with Crippen molar-refractivity contribution in [1.29, 1.82) is 0 Å². The molecule has 0 aliphatic heterocycles. The molecule has 6 heteroatoms. The first-order valence-electron chi connectivity index (χ1n) is 5.02. The maximum absolute atomic E-state index is 11.5. The summed E-state index contributed by atoms with van der Waals surface area (Å²) in [7, 11) is 0. The lowest BCUT2D eigenvalue weighted by Gasteiger charge is -1.98. The summed E-state index contributed by atoms with van der Waals surface area (Å²) >= 11 is 1.17. The molecule has 5 nitrogen and oxygen atoms in total. The van der Waals surface area contributed by atoms with Crippen molar-refractivity contribution >= 4 is 28.2 Å². The molecule has 0 aliphatic rings. The number of carbonyl (C=O) groups excluding carboxylic acids is 2. The number of esters is 1. The summed E-state index contributed by atoms with van der Waals surface area (Å²) in [5.41, 5.74) is 0.107. The van der Waals surface area contributed by atoms with Gasteiger partial charge in [-0.1, -0.05) is 11.3 Å². The van der Waals surface area contributed by atoms with E-state index >= 15 is 0 Å². The summed E-state index contributed by atoms with van der Waals surface area (Å²) in [5, 5.41) is 3.53. The average Bonchev–Trinajstić information content (AvgIpc) is 2.63. The molecule has 1 aromatic heterocycles. The molecule has 1 N–H and O–H groups in total. The highest BCUT2D eigenvalue weighted by molar-refractivity contribution is 7.17. The third-order valence-corrected chi connectivity index (χ3v) is 2.86. The van der Waals surface area contributed by atoms with Crippen molar-refractivity contribution in [3.63, 3.8) is 0 Å². The van der Waals surface area contributed by atoms with Gasteiger partial charge in [0.05, 0.1) is 6.61 Å². The fourth-order valence-corrected chi connectivity index (χ4v) is 2.04. The molecule has 0 unspecified atom stereocenters. The molecule has 88 valence electrons. The second kappa shape index (κ2) is 5.60. The van der Waals surface area contributed by atoms with Crippen molar-refractivity contribution in [2.45, 2.75) is 20.8 Å². The Bertz CT molecular complexity index is 401. The van der Waals surface area contributed by atoms with Crippen molar-refractivity contribution in [3.8, 4) is 0 Å². The number of carbonyl (C=O) groups is 2. The summed E-state index contributed by atoms with van der Waals surface area (Å²) < 4.78 is 4.84. The standard InChI is InChI=1S/C10H14N2O3S/c1-4-11-10-12-7(9(14)15-5-2)8(16-10)6(3)13/h4-5H2,1-3H3,(H,11,12). The van der Waals surface area contributed by atoms with Gasteiger partial charge >= 0.3 is 5.97 Å². The molecule has 0 atom stereocenters. The van der Waals surface area contributed by atoms with E-state index in [0.29, 0.717) is 16.6 Å². The van der Waals surface area contributed by atoms with E-state index in [1.165, 1.54) is 18.3 Å². The molecule has 0 spiro atoms. The second-order valence-corrected chi connectivity index (χ2v) is 4.00. The third-order valence-electron chi connectivity index (χ3n) is 1.74. The van der Waals surface area contributed by atoms with Crippen LogP contribution in [0.3, 0.4) is 0 Å². The van der Waals surface area contributed by atoms with Gasteiger partial charge in [-0.2, -0.15) is 0 Å². The lowest BCUT2D eigenvalue weighted by Crippen LogP contribution is -2.09. The molecule has 0 radical (unpaired) electrons. The first-order valence-corrected chi connectivity index (χ1v) is 5.84. The molecule has 1 aromatic rings. The van der Waals surface area contributed by atoms with Crippen LogP contribution in [0.15, 0.2) is 0 Å². The number of Topliss-reactive ketones (excluding diaryl/α,β-unsaturated/α-hetero) is 1. The van der Waals surface area contributed by atoms with Crippen LogP contribution in [-0.2, 0) is 4.74 Å². The zero-order chi connectivity index (χ0) is 12.1. The van der Waals surface area contributed by atoms with Crippen LogP contribution in [-0.4, -0.2) is 29.9 Å². The van der Waals surface area contributed by atoms with E-state index in [2.05, 4.69) is 10.3 Å². The topological polar surface area (TPSA) is 68.3 Å². The molecule has 1 heterocycles. The van der Waals surface area contributed by atoms with Crippen LogP contribution in [0.2, 0.25) is 0 Å². The van der Waals surface area contributed by atoms with Gasteiger partial charge < -0.3 is 10.1 Å². The van der Waals surface area contributed by atoms with Crippen LogP contribution < -0.4 is 5.32 Å². The maximum Gasteiger partial charge on any atom is 0.358 e. The smallest absolute Gasteiger partial charge is 0.358 e. The summed E-state index contributed by atoms with van der Waals surface area (Å²) in [6.45, 7) is 5.99. The van der Waals surface area contributed by atoms with Crippen LogP contribution in [0.5, 0.6) is 0 Å². The minimum atomic E-state index is -0.548. The zero-order valence-corrected chi connectivity index (χ0v) is 10.3. The number of nitrogens with one attached hydrogen (secondary N) is 1. The SMILES string of the molecule is CCNc1nc(C(=O)OCC)c(C(C)=O)s1. The lowest BCUT2D eigenvalue weighted by molar-refractivity contribution is 0.0517. The first kappa shape index (κ1) is 12.6. The van der Waals surface area contributed by atoms with Crippen molar-refractivity contribution in [1.82, 2.24) is 4.98 Å². The molecule has 0 saturated heterocycles. The van der Waals surface area contributed by atoms with Gasteiger partial charge in [0.15, 0.2) is 16.6 Å². The molecule has 1 rings (SSSR count). The normalized spacial score (nSPS) is 9.94. The molecule has 0 amide bonds. The van der Waals surface area contributed by atoms with E-state index in [0.717, 1.165) is 0 Å². The van der Waals surface area contributed by atoms with Crippen LogP contribution in [0.1, 0.15) is 40.9 Å². The largest absolute Gasteiger partial charge is 0.461 e. The summed E-state index contributed by atoms with van der Waals surface area (Å²) in [5.74, 6) is -0.724. The number of thiazole rings is 1. The summed E-state index contributed by atoms with van der Waals surface area (Å²) in [4.78, 5) is 27.3. The Labute approximate surface area is 97.8 Å². The summed E-state index contributed by atoms with van der Waals surface area (Å²) in [6, 6.07) is 0. The highest BCUT2D eigenvalue weighted by Crippen LogP contribution is 2.24. The van der Waals surface area contributed by atoms with Gasteiger partial charge in [-0.3, -0.25) is 4.79 Å². The van der Waals surface area contributed by atoms with Gasteiger partial charge in [0, 0.05) is 13.5 Å². The number of aromatic nitrogens is 1. The molecule has 0 aliphatic carbocycles. The van der Waals surface area contributed by atoms with E-state index in [-0.39, 0.29) is 18.1 Å². The lowest BCUT2D eigenvalue weighted by atomic mass is 10.3. The Balaban J connectivity index is 3.04. The van der Waals surface area contributed by atoms with Crippen LogP contribution in [0.4, 0.5) is 5.13 Å². The Kier molecular flexibility index (Phi) is 4.42. The van der Waals surface area contributed by atoms with Gasteiger partial charge in [-0.25, -0.2) is 9.78 Å². The Morgan fingerprint density at radius 2 is 2.12 bits per heavy atom. The number of anilines is 1. The Hall–Kier alpha value is -1.43. The molecule has 0 bridgehead atoms. The highest BCUT2D eigenvalue weighted by atomic mass is 32.1. The predicted octanol–water partition coefficient (Wildman–Crippen LogP) is 1.95. The zero-order valence-electron chi connectivity index (χ0n) is 9.49. The molecular formula is C10H14N2O3S. The molecule has 0 fully saturated rings. The molecule has 0 saturated carbocycles. The minimum absolute atomic E-state index is 0.107. The van der Waals surface area contributed by atoms with E-state index < -0.39 is 5.97 Å². The fourth-order valence-electron chi connectivity index (χ4n) is 1.12. The molecule has 0 aromatic carbocycles.